The van der Waals surface area contributed by atoms with Gasteiger partial charge in [0.1, 0.15) is 0 Å². The van der Waals surface area contributed by atoms with E-state index in [0.717, 1.165) is 23.2 Å². The topological polar surface area (TPSA) is 42.0 Å². The zero-order chi connectivity index (χ0) is 14.4. The van der Waals surface area contributed by atoms with E-state index in [1.165, 1.54) is 0 Å². The Hall–Kier alpha value is -2.16. The Bertz CT molecular complexity index is 566. The number of pyridine rings is 1. The van der Waals surface area contributed by atoms with Crippen LogP contribution in [0, 0.1) is 0 Å². The average Bonchev–Trinajstić information content (AvgIpc) is 2.48. The second kappa shape index (κ2) is 6.85. The fourth-order valence-corrected chi connectivity index (χ4v) is 2.12. The summed E-state index contributed by atoms with van der Waals surface area (Å²) in [6.45, 7) is 4.10. The third-order valence-corrected chi connectivity index (χ3v) is 3.23. The van der Waals surface area contributed by atoms with E-state index in [1.807, 2.05) is 49.5 Å². The normalized spacial score (nSPS) is 11.9. The molecule has 0 bridgehead atoms. The van der Waals surface area contributed by atoms with Gasteiger partial charge in [0.2, 0.25) is 0 Å². The van der Waals surface area contributed by atoms with Crippen molar-refractivity contribution in [3.8, 4) is 0 Å². The molecule has 0 spiro atoms. The monoisotopic (exact) mass is 268 g/mol. The first-order valence-corrected chi connectivity index (χ1v) is 7.00. The third-order valence-electron chi connectivity index (χ3n) is 3.23. The first-order chi connectivity index (χ1) is 9.70. The van der Waals surface area contributed by atoms with Crippen LogP contribution < -0.4 is 5.32 Å². The van der Waals surface area contributed by atoms with Crippen molar-refractivity contribution in [2.75, 3.05) is 5.32 Å². The van der Waals surface area contributed by atoms with E-state index >= 15 is 0 Å². The Kier molecular flexibility index (Phi) is 4.88. The molecule has 1 N–H and O–H groups in total. The zero-order valence-corrected chi connectivity index (χ0v) is 12.0. The molecule has 0 saturated carbocycles. The molecule has 0 aliphatic carbocycles. The highest BCUT2D eigenvalue weighted by Gasteiger charge is 2.08. The third kappa shape index (κ3) is 3.67. The summed E-state index contributed by atoms with van der Waals surface area (Å²) >= 11 is 0. The number of hydrogen-bond donors (Lipinski definition) is 1. The number of ketones is 1. The molecular formula is C17H20N2O. The van der Waals surface area contributed by atoms with Crippen molar-refractivity contribution in [3.63, 3.8) is 0 Å². The van der Waals surface area contributed by atoms with Crippen LogP contribution in [0.5, 0.6) is 0 Å². The smallest absolute Gasteiger partial charge is 0.162 e. The summed E-state index contributed by atoms with van der Waals surface area (Å²) in [6.07, 6.45) is 5.09. The summed E-state index contributed by atoms with van der Waals surface area (Å²) in [5.74, 6) is 0.199. The van der Waals surface area contributed by atoms with Gasteiger partial charge >= 0.3 is 0 Å². The molecule has 2 aromatic rings. The lowest BCUT2D eigenvalue weighted by Gasteiger charge is -2.15. The molecule has 1 aromatic carbocycles. The summed E-state index contributed by atoms with van der Waals surface area (Å²) in [5.41, 5.74) is 2.86. The number of carbonyl (C=O) groups is 1. The molecule has 0 aliphatic rings. The number of anilines is 1. The second-order valence-electron chi connectivity index (χ2n) is 4.91. The van der Waals surface area contributed by atoms with Gasteiger partial charge in [-0.2, -0.15) is 0 Å². The van der Waals surface area contributed by atoms with E-state index in [0.29, 0.717) is 6.42 Å². The number of Topliss-reactive ketones (excluding diaryl/α,β-unsaturated/α-hetero) is 1. The minimum absolute atomic E-state index is 0.153. The van der Waals surface area contributed by atoms with Gasteiger partial charge in [-0.05, 0) is 37.1 Å². The molecule has 3 heteroatoms. The molecule has 104 valence electrons. The van der Waals surface area contributed by atoms with Gasteiger partial charge in [0.25, 0.3) is 0 Å². The van der Waals surface area contributed by atoms with Gasteiger partial charge in [0.15, 0.2) is 5.78 Å². The molecule has 0 saturated heterocycles. The summed E-state index contributed by atoms with van der Waals surface area (Å²) in [5, 5.41) is 3.40. The minimum atomic E-state index is 0.153. The first-order valence-electron chi connectivity index (χ1n) is 7.00. The average molecular weight is 268 g/mol. The predicted octanol–water partition coefficient (Wildman–Crippen LogP) is 4.24. The van der Waals surface area contributed by atoms with Crippen molar-refractivity contribution in [1.29, 1.82) is 0 Å². The van der Waals surface area contributed by atoms with Gasteiger partial charge in [0, 0.05) is 30.1 Å². The predicted molar refractivity (Wildman–Crippen MR) is 82.0 cm³/mol. The van der Waals surface area contributed by atoms with Crippen LogP contribution in [-0.4, -0.2) is 10.8 Å². The SMILES string of the molecule is CCCC(=O)c1cccc(NC(C)c2cccnc2)c1. The van der Waals surface area contributed by atoms with Crippen LogP contribution in [0.2, 0.25) is 0 Å². The number of nitrogens with zero attached hydrogens (tertiary/aromatic N) is 1. The van der Waals surface area contributed by atoms with Crippen molar-refractivity contribution in [2.24, 2.45) is 0 Å². The summed E-state index contributed by atoms with van der Waals surface area (Å²) < 4.78 is 0. The molecule has 1 aromatic heterocycles. The Morgan fingerprint density at radius 1 is 1.30 bits per heavy atom. The maximum absolute atomic E-state index is 11.9. The lowest BCUT2D eigenvalue weighted by Crippen LogP contribution is -2.07. The van der Waals surface area contributed by atoms with Crippen LogP contribution in [0.15, 0.2) is 48.8 Å². The van der Waals surface area contributed by atoms with E-state index < -0.39 is 0 Å². The highest BCUT2D eigenvalue weighted by Crippen LogP contribution is 2.20. The molecule has 1 unspecified atom stereocenters. The maximum Gasteiger partial charge on any atom is 0.162 e. The number of benzene rings is 1. The molecule has 1 heterocycles. The van der Waals surface area contributed by atoms with Crippen molar-refractivity contribution in [2.45, 2.75) is 32.7 Å². The number of carbonyl (C=O) groups excluding carboxylic acids is 1. The van der Waals surface area contributed by atoms with Gasteiger partial charge in [-0.3, -0.25) is 9.78 Å². The van der Waals surface area contributed by atoms with Gasteiger partial charge < -0.3 is 5.32 Å². The molecule has 0 amide bonds. The lowest BCUT2D eigenvalue weighted by molar-refractivity contribution is 0.0982. The number of hydrogen-bond acceptors (Lipinski definition) is 3. The lowest BCUT2D eigenvalue weighted by atomic mass is 10.1. The zero-order valence-electron chi connectivity index (χ0n) is 12.0. The Balaban J connectivity index is 2.10. The van der Waals surface area contributed by atoms with Crippen LogP contribution in [0.1, 0.15) is 48.7 Å². The second-order valence-corrected chi connectivity index (χ2v) is 4.91. The molecule has 0 fully saturated rings. The Morgan fingerprint density at radius 3 is 2.85 bits per heavy atom. The van der Waals surface area contributed by atoms with Crippen LogP contribution in [0.3, 0.4) is 0 Å². The Morgan fingerprint density at radius 2 is 2.15 bits per heavy atom. The van der Waals surface area contributed by atoms with Crippen molar-refractivity contribution >= 4 is 11.5 Å². The molecule has 0 radical (unpaired) electrons. The highest BCUT2D eigenvalue weighted by molar-refractivity contribution is 5.96. The van der Waals surface area contributed by atoms with E-state index in [9.17, 15) is 4.79 Å². The van der Waals surface area contributed by atoms with Crippen molar-refractivity contribution in [3.05, 3.63) is 59.9 Å². The largest absolute Gasteiger partial charge is 0.378 e. The first kappa shape index (κ1) is 14.3. The van der Waals surface area contributed by atoms with Crippen LogP contribution in [-0.2, 0) is 0 Å². The minimum Gasteiger partial charge on any atom is -0.378 e. The molecule has 0 aliphatic heterocycles. The van der Waals surface area contributed by atoms with Gasteiger partial charge in [-0.15, -0.1) is 0 Å². The number of rotatable bonds is 6. The quantitative estimate of drug-likeness (QED) is 0.797. The van der Waals surface area contributed by atoms with Gasteiger partial charge in [-0.25, -0.2) is 0 Å². The van der Waals surface area contributed by atoms with E-state index in [4.69, 9.17) is 0 Å². The molecule has 1 atom stereocenters. The summed E-state index contributed by atoms with van der Waals surface area (Å²) in [7, 11) is 0. The molecular weight excluding hydrogens is 248 g/mol. The highest BCUT2D eigenvalue weighted by atomic mass is 16.1. The van der Waals surface area contributed by atoms with E-state index in [1.54, 1.807) is 6.20 Å². The standard InChI is InChI=1S/C17H20N2O/c1-3-6-17(20)14-7-4-9-16(11-14)19-13(2)15-8-5-10-18-12-15/h4-5,7-13,19H,3,6H2,1-2H3. The summed E-state index contributed by atoms with van der Waals surface area (Å²) in [4.78, 5) is 16.0. The number of aromatic nitrogens is 1. The van der Waals surface area contributed by atoms with E-state index in [-0.39, 0.29) is 11.8 Å². The Labute approximate surface area is 120 Å². The number of nitrogens with one attached hydrogen (secondary N) is 1. The van der Waals surface area contributed by atoms with Crippen LogP contribution >= 0.6 is 0 Å². The van der Waals surface area contributed by atoms with Crippen molar-refractivity contribution < 1.29 is 4.79 Å². The maximum atomic E-state index is 11.9. The van der Waals surface area contributed by atoms with Gasteiger partial charge in [0.05, 0.1) is 6.04 Å². The molecule has 2 rings (SSSR count). The van der Waals surface area contributed by atoms with E-state index in [2.05, 4.69) is 17.2 Å². The fraction of sp³-hybridized carbons (Fsp3) is 0.294. The fourth-order valence-electron chi connectivity index (χ4n) is 2.12. The van der Waals surface area contributed by atoms with Gasteiger partial charge in [-0.1, -0.05) is 25.1 Å². The van der Waals surface area contributed by atoms with Crippen molar-refractivity contribution in [1.82, 2.24) is 4.98 Å². The van der Waals surface area contributed by atoms with Crippen LogP contribution in [0.4, 0.5) is 5.69 Å². The molecule has 3 nitrogen and oxygen atoms in total. The summed E-state index contributed by atoms with van der Waals surface area (Å²) in [6, 6.07) is 11.8. The van der Waals surface area contributed by atoms with Crippen LogP contribution in [0.25, 0.3) is 0 Å². The molecule has 20 heavy (non-hydrogen) atoms.